The van der Waals surface area contributed by atoms with Gasteiger partial charge in [-0.3, -0.25) is 4.99 Å². The molecular formula is C19H33N3O2. The van der Waals surface area contributed by atoms with Gasteiger partial charge in [0.15, 0.2) is 5.96 Å². The number of aliphatic imine (C=N–C) groups is 1. The minimum absolute atomic E-state index is 0.197. The van der Waals surface area contributed by atoms with Crippen molar-refractivity contribution in [2.75, 3.05) is 26.8 Å². The van der Waals surface area contributed by atoms with Crippen molar-refractivity contribution in [3.05, 3.63) is 29.8 Å². The molecule has 0 saturated heterocycles. The van der Waals surface area contributed by atoms with Crippen LogP contribution < -0.4 is 15.4 Å². The van der Waals surface area contributed by atoms with Gasteiger partial charge in [-0.25, -0.2) is 0 Å². The summed E-state index contributed by atoms with van der Waals surface area (Å²) < 4.78 is 11.2. The molecule has 0 atom stereocenters. The molecule has 0 aliphatic carbocycles. The Morgan fingerprint density at radius 3 is 2.42 bits per heavy atom. The summed E-state index contributed by atoms with van der Waals surface area (Å²) in [7, 11) is 1.78. The van der Waals surface area contributed by atoms with E-state index in [2.05, 4.69) is 34.7 Å². The fourth-order valence-electron chi connectivity index (χ4n) is 2.09. The van der Waals surface area contributed by atoms with Crippen molar-refractivity contribution in [2.24, 2.45) is 4.99 Å². The van der Waals surface area contributed by atoms with Gasteiger partial charge in [0, 0.05) is 33.4 Å². The number of nitrogens with zero attached hydrogens (tertiary/aromatic N) is 1. The molecule has 0 amide bonds. The maximum absolute atomic E-state index is 5.65. The third-order valence-corrected chi connectivity index (χ3v) is 3.38. The monoisotopic (exact) mass is 335 g/mol. The fourth-order valence-corrected chi connectivity index (χ4v) is 2.09. The molecule has 0 unspecified atom stereocenters. The standard InChI is InChI=1S/C19H33N3O2/c1-5-6-13-23-14-7-12-21-19(20-4)22-15-17-8-10-18(11-9-17)24-16(2)3/h8-11,16H,5-7,12-15H2,1-4H3,(H2,20,21,22). The van der Waals surface area contributed by atoms with Crippen LogP contribution in [0.5, 0.6) is 5.75 Å². The molecule has 5 heteroatoms. The molecule has 24 heavy (non-hydrogen) atoms. The van der Waals surface area contributed by atoms with Gasteiger partial charge in [-0.05, 0) is 44.4 Å². The number of ether oxygens (including phenoxy) is 2. The molecule has 0 heterocycles. The van der Waals surface area contributed by atoms with Crippen molar-refractivity contribution in [3.8, 4) is 5.75 Å². The molecule has 0 radical (unpaired) electrons. The van der Waals surface area contributed by atoms with E-state index < -0.39 is 0 Å². The van der Waals surface area contributed by atoms with E-state index in [0.29, 0.717) is 0 Å². The average molecular weight is 335 g/mol. The maximum atomic E-state index is 5.65. The van der Waals surface area contributed by atoms with Gasteiger partial charge in [-0.15, -0.1) is 0 Å². The SMILES string of the molecule is CCCCOCCCNC(=NC)NCc1ccc(OC(C)C)cc1. The lowest BCUT2D eigenvalue weighted by Crippen LogP contribution is -2.37. The highest BCUT2D eigenvalue weighted by atomic mass is 16.5. The van der Waals surface area contributed by atoms with E-state index in [4.69, 9.17) is 9.47 Å². The number of guanidine groups is 1. The lowest BCUT2D eigenvalue weighted by atomic mass is 10.2. The van der Waals surface area contributed by atoms with Gasteiger partial charge >= 0.3 is 0 Å². The van der Waals surface area contributed by atoms with Gasteiger partial charge < -0.3 is 20.1 Å². The van der Waals surface area contributed by atoms with Crippen LogP contribution >= 0.6 is 0 Å². The minimum atomic E-state index is 0.197. The maximum Gasteiger partial charge on any atom is 0.191 e. The zero-order chi connectivity index (χ0) is 17.6. The van der Waals surface area contributed by atoms with Crippen molar-refractivity contribution in [1.82, 2.24) is 10.6 Å². The Labute approximate surface area is 146 Å². The van der Waals surface area contributed by atoms with Crippen LogP contribution in [-0.4, -0.2) is 38.9 Å². The Morgan fingerprint density at radius 1 is 1.08 bits per heavy atom. The van der Waals surface area contributed by atoms with E-state index in [0.717, 1.165) is 50.9 Å². The van der Waals surface area contributed by atoms with Gasteiger partial charge in [0.2, 0.25) is 0 Å². The third kappa shape index (κ3) is 9.40. The summed E-state index contributed by atoms with van der Waals surface area (Å²) in [5.41, 5.74) is 1.19. The predicted molar refractivity (Wildman–Crippen MR) is 101 cm³/mol. The number of rotatable bonds is 11. The first-order valence-electron chi connectivity index (χ1n) is 8.93. The lowest BCUT2D eigenvalue weighted by Gasteiger charge is -2.13. The van der Waals surface area contributed by atoms with Crippen LogP contribution in [0.4, 0.5) is 0 Å². The summed E-state index contributed by atoms with van der Waals surface area (Å²) >= 11 is 0. The molecule has 136 valence electrons. The first-order valence-corrected chi connectivity index (χ1v) is 8.93. The first kappa shape index (κ1) is 20.3. The van der Waals surface area contributed by atoms with Gasteiger partial charge in [-0.2, -0.15) is 0 Å². The molecule has 0 saturated carbocycles. The summed E-state index contributed by atoms with van der Waals surface area (Å²) in [5, 5.41) is 6.62. The molecule has 0 aliphatic heterocycles. The summed E-state index contributed by atoms with van der Waals surface area (Å²) in [6.07, 6.45) is 3.49. The fraction of sp³-hybridized carbons (Fsp3) is 0.632. The quantitative estimate of drug-likeness (QED) is 0.370. The van der Waals surface area contributed by atoms with E-state index in [1.54, 1.807) is 7.05 Å². The summed E-state index contributed by atoms with van der Waals surface area (Å²) in [4.78, 5) is 4.24. The number of nitrogens with one attached hydrogen (secondary N) is 2. The smallest absolute Gasteiger partial charge is 0.191 e. The normalized spacial score (nSPS) is 11.6. The van der Waals surface area contributed by atoms with Crippen molar-refractivity contribution >= 4 is 5.96 Å². The van der Waals surface area contributed by atoms with Crippen molar-refractivity contribution in [3.63, 3.8) is 0 Å². The highest BCUT2D eigenvalue weighted by Crippen LogP contribution is 2.13. The van der Waals surface area contributed by atoms with E-state index in [-0.39, 0.29) is 6.10 Å². The van der Waals surface area contributed by atoms with E-state index in [1.807, 2.05) is 26.0 Å². The van der Waals surface area contributed by atoms with Gasteiger partial charge in [0.05, 0.1) is 6.10 Å². The van der Waals surface area contributed by atoms with E-state index in [9.17, 15) is 0 Å². The minimum Gasteiger partial charge on any atom is -0.491 e. The Morgan fingerprint density at radius 2 is 1.79 bits per heavy atom. The number of hydrogen-bond acceptors (Lipinski definition) is 3. The van der Waals surface area contributed by atoms with Crippen LogP contribution in [0, 0.1) is 0 Å². The van der Waals surface area contributed by atoms with Gasteiger partial charge in [0.25, 0.3) is 0 Å². The first-order chi connectivity index (χ1) is 11.7. The van der Waals surface area contributed by atoms with Crippen LogP contribution in [-0.2, 0) is 11.3 Å². The molecule has 1 rings (SSSR count). The average Bonchev–Trinajstić information content (AvgIpc) is 2.57. The molecule has 0 aromatic heterocycles. The summed E-state index contributed by atoms with van der Waals surface area (Å²) in [6.45, 7) is 9.47. The van der Waals surface area contributed by atoms with Gasteiger partial charge in [0.1, 0.15) is 5.75 Å². The molecule has 2 N–H and O–H groups in total. The molecule has 1 aromatic rings. The highest BCUT2D eigenvalue weighted by Gasteiger charge is 2.00. The molecule has 0 aliphatic rings. The predicted octanol–water partition coefficient (Wildman–Crippen LogP) is 3.35. The molecule has 5 nitrogen and oxygen atoms in total. The third-order valence-electron chi connectivity index (χ3n) is 3.38. The Kier molecular flexibility index (Phi) is 10.7. The van der Waals surface area contributed by atoms with E-state index >= 15 is 0 Å². The second kappa shape index (κ2) is 12.6. The van der Waals surface area contributed by atoms with Crippen LogP contribution in [0.2, 0.25) is 0 Å². The van der Waals surface area contributed by atoms with Crippen LogP contribution in [0.1, 0.15) is 45.6 Å². The zero-order valence-electron chi connectivity index (χ0n) is 15.6. The largest absolute Gasteiger partial charge is 0.491 e. The number of unbranched alkanes of at least 4 members (excludes halogenated alkanes) is 1. The second-order valence-electron chi connectivity index (χ2n) is 5.98. The molecule has 0 spiro atoms. The topological polar surface area (TPSA) is 54.9 Å². The van der Waals surface area contributed by atoms with E-state index in [1.165, 1.54) is 12.0 Å². The highest BCUT2D eigenvalue weighted by molar-refractivity contribution is 5.79. The molecule has 1 aromatic carbocycles. The van der Waals surface area contributed by atoms with Crippen molar-refractivity contribution in [2.45, 2.75) is 52.7 Å². The molecule has 0 bridgehead atoms. The molecule has 0 fully saturated rings. The van der Waals surface area contributed by atoms with Gasteiger partial charge in [-0.1, -0.05) is 25.5 Å². The van der Waals surface area contributed by atoms with Crippen LogP contribution in [0.15, 0.2) is 29.3 Å². The second-order valence-corrected chi connectivity index (χ2v) is 5.98. The Balaban J connectivity index is 2.21. The van der Waals surface area contributed by atoms with Crippen molar-refractivity contribution < 1.29 is 9.47 Å². The van der Waals surface area contributed by atoms with Crippen molar-refractivity contribution in [1.29, 1.82) is 0 Å². The lowest BCUT2D eigenvalue weighted by molar-refractivity contribution is 0.129. The number of hydrogen-bond donors (Lipinski definition) is 2. The Hall–Kier alpha value is -1.75. The zero-order valence-corrected chi connectivity index (χ0v) is 15.6. The Bertz CT molecular complexity index is 458. The summed E-state index contributed by atoms with van der Waals surface area (Å²) in [6, 6.07) is 8.14. The number of benzene rings is 1. The summed E-state index contributed by atoms with van der Waals surface area (Å²) in [5.74, 6) is 1.71. The van der Waals surface area contributed by atoms with Crippen LogP contribution in [0.3, 0.4) is 0 Å². The molecular weight excluding hydrogens is 302 g/mol. The van der Waals surface area contributed by atoms with Crippen LogP contribution in [0.25, 0.3) is 0 Å².